The first-order valence-corrected chi connectivity index (χ1v) is 6.28. The van der Waals surface area contributed by atoms with Crippen LogP contribution in [-0.4, -0.2) is 28.9 Å². The summed E-state index contributed by atoms with van der Waals surface area (Å²) in [5.74, 6) is -0.839. The lowest BCUT2D eigenvalue weighted by atomic mass is 10.0. The molecule has 0 spiro atoms. The lowest BCUT2D eigenvalue weighted by molar-refractivity contribution is -0.165. The number of alkyl halides is 1. The molecule has 0 fully saturated rings. The van der Waals surface area contributed by atoms with Crippen molar-refractivity contribution in [3.05, 3.63) is 0 Å². The molecular weight excluding hydrogens is 242 g/mol. The van der Waals surface area contributed by atoms with E-state index in [0.29, 0.717) is 6.42 Å². The molecule has 0 saturated carbocycles. The lowest BCUT2D eigenvalue weighted by Gasteiger charge is -2.30. The summed E-state index contributed by atoms with van der Waals surface area (Å²) in [7, 11) is 0. The van der Waals surface area contributed by atoms with E-state index >= 15 is 0 Å². The third-order valence-corrected chi connectivity index (χ3v) is 2.53. The second-order valence-electron chi connectivity index (χ2n) is 5.29. The van der Waals surface area contributed by atoms with Gasteiger partial charge >= 0.3 is 5.97 Å². The molecule has 0 rings (SSSR count). The van der Waals surface area contributed by atoms with Crippen LogP contribution in [0.25, 0.3) is 0 Å². The number of ether oxygens (including phenoxy) is 1. The minimum absolute atomic E-state index is 0.0651. The van der Waals surface area contributed by atoms with E-state index in [4.69, 9.17) is 16.3 Å². The Morgan fingerprint density at radius 2 is 1.76 bits per heavy atom. The fraction of sp³-hybridized carbons (Fsp3) is 0.833. The summed E-state index contributed by atoms with van der Waals surface area (Å²) in [5, 5.41) is 2.76. The Labute approximate surface area is 108 Å². The number of esters is 1. The molecule has 4 nitrogen and oxygen atoms in total. The van der Waals surface area contributed by atoms with Gasteiger partial charge in [0, 0.05) is 12.0 Å². The molecule has 0 aliphatic rings. The minimum atomic E-state index is -1.30. The topological polar surface area (TPSA) is 55.4 Å². The molecular formula is C12H22ClNO3. The maximum Gasteiger partial charge on any atom is 0.306 e. The van der Waals surface area contributed by atoms with Crippen LogP contribution in [0.2, 0.25) is 0 Å². The highest BCUT2D eigenvalue weighted by molar-refractivity contribution is 6.20. The molecule has 0 aliphatic heterocycles. The van der Waals surface area contributed by atoms with Crippen LogP contribution in [0.5, 0.6) is 0 Å². The second kappa shape index (κ2) is 6.24. The van der Waals surface area contributed by atoms with Crippen molar-refractivity contribution in [2.75, 3.05) is 5.88 Å². The SMILES string of the molecule is CCCC(=O)OC(C)(CCl)C(=O)NC(C)(C)C. The van der Waals surface area contributed by atoms with Gasteiger partial charge < -0.3 is 10.1 Å². The summed E-state index contributed by atoms with van der Waals surface area (Å²) in [4.78, 5) is 23.4. The van der Waals surface area contributed by atoms with E-state index in [9.17, 15) is 9.59 Å². The molecule has 100 valence electrons. The van der Waals surface area contributed by atoms with Gasteiger partial charge in [0.15, 0.2) is 0 Å². The van der Waals surface area contributed by atoms with E-state index < -0.39 is 11.6 Å². The van der Waals surface area contributed by atoms with Crippen molar-refractivity contribution in [2.45, 2.75) is 58.6 Å². The van der Waals surface area contributed by atoms with E-state index in [1.54, 1.807) is 0 Å². The highest BCUT2D eigenvalue weighted by atomic mass is 35.5. The number of amides is 1. The standard InChI is InChI=1S/C12H22ClNO3/c1-6-7-9(15)17-12(5,8-13)10(16)14-11(2,3)4/h6-8H2,1-5H3,(H,14,16). The van der Waals surface area contributed by atoms with Crippen LogP contribution in [0.4, 0.5) is 0 Å². The smallest absolute Gasteiger partial charge is 0.306 e. The van der Waals surface area contributed by atoms with Gasteiger partial charge in [0.05, 0.1) is 5.88 Å². The average molecular weight is 264 g/mol. The Balaban J connectivity index is 4.66. The van der Waals surface area contributed by atoms with Gasteiger partial charge in [-0.25, -0.2) is 0 Å². The number of carbonyl (C=O) groups is 2. The maximum absolute atomic E-state index is 12.0. The largest absolute Gasteiger partial charge is 0.448 e. The van der Waals surface area contributed by atoms with E-state index in [0.717, 1.165) is 0 Å². The number of nitrogens with one attached hydrogen (secondary N) is 1. The third-order valence-electron chi connectivity index (χ3n) is 2.02. The predicted octanol–water partition coefficient (Wildman–Crippen LogP) is 2.24. The van der Waals surface area contributed by atoms with Crippen LogP contribution in [0.1, 0.15) is 47.5 Å². The predicted molar refractivity (Wildman–Crippen MR) is 68.0 cm³/mol. The van der Waals surface area contributed by atoms with Crippen LogP contribution < -0.4 is 5.32 Å². The Morgan fingerprint density at radius 3 is 2.12 bits per heavy atom. The average Bonchev–Trinajstić information content (AvgIpc) is 2.15. The molecule has 1 unspecified atom stereocenters. The maximum atomic E-state index is 12.0. The first-order chi connectivity index (χ1) is 7.64. The summed E-state index contributed by atoms with van der Waals surface area (Å²) < 4.78 is 5.15. The molecule has 0 aromatic heterocycles. The normalized spacial score (nSPS) is 14.9. The zero-order valence-corrected chi connectivity index (χ0v) is 12.0. The summed E-state index contributed by atoms with van der Waals surface area (Å²) in [5.41, 5.74) is -1.69. The molecule has 0 aliphatic carbocycles. The van der Waals surface area contributed by atoms with Gasteiger partial charge in [-0.2, -0.15) is 0 Å². The molecule has 0 saturated heterocycles. The van der Waals surface area contributed by atoms with Crippen molar-refractivity contribution in [3.8, 4) is 0 Å². The first-order valence-electron chi connectivity index (χ1n) is 5.75. The van der Waals surface area contributed by atoms with Crippen LogP contribution >= 0.6 is 11.6 Å². The molecule has 5 heteroatoms. The Bertz CT molecular complexity index is 286. The molecule has 17 heavy (non-hydrogen) atoms. The lowest BCUT2D eigenvalue weighted by Crippen LogP contribution is -2.54. The van der Waals surface area contributed by atoms with Crippen molar-refractivity contribution in [2.24, 2.45) is 0 Å². The Kier molecular flexibility index (Phi) is 5.96. The van der Waals surface area contributed by atoms with Gasteiger partial charge in [-0.05, 0) is 34.1 Å². The molecule has 0 aromatic carbocycles. The third kappa shape index (κ3) is 5.91. The molecule has 1 amide bonds. The molecule has 0 radical (unpaired) electrons. The number of hydrogen-bond donors (Lipinski definition) is 1. The highest BCUT2D eigenvalue weighted by Crippen LogP contribution is 2.16. The fourth-order valence-electron chi connectivity index (χ4n) is 1.11. The van der Waals surface area contributed by atoms with E-state index in [1.165, 1.54) is 6.92 Å². The van der Waals surface area contributed by atoms with Crippen LogP contribution in [0, 0.1) is 0 Å². The van der Waals surface area contributed by atoms with Gasteiger partial charge in [-0.15, -0.1) is 11.6 Å². The van der Waals surface area contributed by atoms with Crippen molar-refractivity contribution in [1.29, 1.82) is 0 Å². The molecule has 0 aromatic rings. The van der Waals surface area contributed by atoms with Crippen molar-refractivity contribution in [1.82, 2.24) is 5.32 Å². The molecule has 1 N–H and O–H groups in total. The Hall–Kier alpha value is -0.770. The van der Waals surface area contributed by atoms with Gasteiger partial charge in [-0.1, -0.05) is 6.92 Å². The van der Waals surface area contributed by atoms with E-state index in [1.807, 2.05) is 27.7 Å². The zero-order valence-electron chi connectivity index (χ0n) is 11.2. The monoisotopic (exact) mass is 263 g/mol. The van der Waals surface area contributed by atoms with Crippen LogP contribution in [-0.2, 0) is 14.3 Å². The first kappa shape index (κ1) is 16.2. The summed E-state index contributed by atoms with van der Waals surface area (Å²) >= 11 is 5.74. The highest BCUT2D eigenvalue weighted by Gasteiger charge is 2.38. The van der Waals surface area contributed by atoms with Crippen LogP contribution in [0.3, 0.4) is 0 Å². The van der Waals surface area contributed by atoms with Crippen molar-refractivity contribution < 1.29 is 14.3 Å². The van der Waals surface area contributed by atoms with Gasteiger partial charge in [-0.3, -0.25) is 9.59 Å². The zero-order chi connectivity index (χ0) is 13.7. The molecule has 0 bridgehead atoms. The van der Waals surface area contributed by atoms with Gasteiger partial charge in [0.1, 0.15) is 0 Å². The summed E-state index contributed by atoms with van der Waals surface area (Å²) in [6.07, 6.45) is 0.966. The van der Waals surface area contributed by atoms with Crippen molar-refractivity contribution in [3.63, 3.8) is 0 Å². The van der Waals surface area contributed by atoms with E-state index in [2.05, 4.69) is 5.32 Å². The van der Waals surface area contributed by atoms with Crippen molar-refractivity contribution >= 4 is 23.5 Å². The van der Waals surface area contributed by atoms with Gasteiger partial charge in [0.2, 0.25) is 5.60 Å². The summed E-state index contributed by atoms with van der Waals surface area (Å²) in [6, 6.07) is 0. The quantitative estimate of drug-likeness (QED) is 0.611. The Morgan fingerprint density at radius 1 is 1.24 bits per heavy atom. The summed E-state index contributed by atoms with van der Waals surface area (Å²) in [6.45, 7) is 8.96. The molecule has 0 heterocycles. The number of halogens is 1. The number of carbonyl (C=O) groups excluding carboxylic acids is 2. The van der Waals surface area contributed by atoms with Crippen LogP contribution in [0.15, 0.2) is 0 Å². The second-order valence-corrected chi connectivity index (χ2v) is 5.56. The minimum Gasteiger partial charge on any atom is -0.448 e. The molecule has 1 atom stereocenters. The van der Waals surface area contributed by atoms with E-state index in [-0.39, 0.29) is 23.7 Å². The van der Waals surface area contributed by atoms with Gasteiger partial charge in [0.25, 0.3) is 5.91 Å². The fourth-order valence-corrected chi connectivity index (χ4v) is 1.29. The number of rotatable bonds is 5. The number of hydrogen-bond acceptors (Lipinski definition) is 3.